The minimum Gasteiger partial charge on any atom is -0.310 e. The summed E-state index contributed by atoms with van der Waals surface area (Å²) in [6.45, 7) is 1.45. The fraction of sp³-hybridized carbons (Fsp3) is 0.571. The number of rotatable bonds is 2. The highest BCUT2D eigenvalue weighted by Crippen LogP contribution is 2.42. The van der Waals surface area contributed by atoms with Crippen LogP contribution in [0.25, 0.3) is 0 Å². The van der Waals surface area contributed by atoms with Crippen molar-refractivity contribution >= 4 is 21.6 Å². The second-order valence-corrected chi connectivity index (χ2v) is 7.88. The first-order valence-electron chi connectivity index (χ1n) is 7.10. The molecule has 2 fully saturated rings. The molecule has 2 saturated heterocycles. The van der Waals surface area contributed by atoms with Crippen molar-refractivity contribution in [2.45, 2.75) is 19.3 Å². The molecule has 0 bridgehead atoms. The highest BCUT2D eigenvalue weighted by Gasteiger charge is 2.50. The lowest BCUT2D eigenvalue weighted by molar-refractivity contribution is -0.127. The van der Waals surface area contributed by atoms with Gasteiger partial charge < -0.3 is 4.90 Å². The van der Waals surface area contributed by atoms with Crippen molar-refractivity contribution in [3.05, 3.63) is 24.5 Å². The quantitative estimate of drug-likeness (QED) is 0.812. The summed E-state index contributed by atoms with van der Waals surface area (Å²) in [7, 11) is -3.24. The number of anilines is 1. The minimum absolute atomic E-state index is 0.0313. The Hall–Kier alpha value is -1.47. The Morgan fingerprint density at radius 3 is 2.76 bits per heavy atom. The number of hydrogen-bond donors (Lipinski definition) is 0. The van der Waals surface area contributed by atoms with Crippen molar-refractivity contribution < 1.29 is 13.2 Å². The summed E-state index contributed by atoms with van der Waals surface area (Å²) in [5, 5.41) is 0. The molecule has 0 unspecified atom stereocenters. The average Bonchev–Trinajstić information content (AvgIpc) is 2.76. The number of nitrogens with zero attached hydrogens (tertiary/aromatic N) is 3. The standard InChI is InChI=1S/C14H19N3O3S/c1-21(19,20)16-8-3-5-14(11-16)6-9-17(13(14)18)12-4-2-7-15-10-12/h2,4,7,10H,3,5-6,8-9,11H2,1H3/t14-/m1/s1. The maximum atomic E-state index is 12.8. The summed E-state index contributed by atoms with van der Waals surface area (Å²) in [4.78, 5) is 18.6. The molecule has 1 aromatic rings. The molecule has 114 valence electrons. The number of carbonyl (C=O) groups is 1. The van der Waals surface area contributed by atoms with Crippen molar-refractivity contribution in [1.82, 2.24) is 9.29 Å². The van der Waals surface area contributed by atoms with Gasteiger partial charge in [0.25, 0.3) is 0 Å². The Bertz CT molecular complexity index is 647. The van der Waals surface area contributed by atoms with Gasteiger partial charge in [0, 0.05) is 25.8 Å². The minimum atomic E-state index is -3.24. The topological polar surface area (TPSA) is 70.6 Å². The van der Waals surface area contributed by atoms with Gasteiger partial charge in [-0.3, -0.25) is 9.78 Å². The molecule has 0 saturated carbocycles. The van der Waals surface area contributed by atoms with Gasteiger partial charge in [-0.25, -0.2) is 12.7 Å². The lowest BCUT2D eigenvalue weighted by atomic mass is 9.79. The van der Waals surface area contributed by atoms with E-state index in [0.29, 0.717) is 26.1 Å². The van der Waals surface area contributed by atoms with E-state index in [1.807, 2.05) is 6.07 Å². The first kappa shape index (κ1) is 14.5. The molecule has 1 atom stereocenters. The van der Waals surface area contributed by atoms with Crippen molar-refractivity contribution in [1.29, 1.82) is 0 Å². The van der Waals surface area contributed by atoms with Crippen LogP contribution in [0.3, 0.4) is 0 Å². The van der Waals surface area contributed by atoms with Gasteiger partial charge in [0.1, 0.15) is 0 Å². The van der Waals surface area contributed by atoms with E-state index in [9.17, 15) is 13.2 Å². The van der Waals surface area contributed by atoms with Crippen molar-refractivity contribution in [2.75, 3.05) is 30.8 Å². The van der Waals surface area contributed by atoms with Crippen LogP contribution in [0.15, 0.2) is 24.5 Å². The first-order chi connectivity index (χ1) is 9.92. The zero-order chi connectivity index (χ0) is 15.1. The maximum Gasteiger partial charge on any atom is 0.234 e. The molecular weight excluding hydrogens is 290 g/mol. The number of sulfonamides is 1. The molecule has 0 radical (unpaired) electrons. The van der Waals surface area contributed by atoms with Gasteiger partial charge in [-0.15, -0.1) is 0 Å². The molecule has 3 rings (SSSR count). The van der Waals surface area contributed by atoms with Crippen LogP contribution in [0.1, 0.15) is 19.3 Å². The third-order valence-electron chi connectivity index (χ3n) is 4.48. The number of piperidine rings is 1. The Labute approximate surface area is 124 Å². The number of carbonyl (C=O) groups excluding carboxylic acids is 1. The Morgan fingerprint density at radius 2 is 2.10 bits per heavy atom. The van der Waals surface area contributed by atoms with Crippen LogP contribution in [0, 0.1) is 5.41 Å². The number of amides is 1. The molecule has 7 heteroatoms. The fourth-order valence-corrected chi connectivity index (χ4v) is 4.27. The number of pyridine rings is 1. The fourth-order valence-electron chi connectivity index (χ4n) is 3.33. The van der Waals surface area contributed by atoms with Gasteiger partial charge in [-0.05, 0) is 31.4 Å². The van der Waals surface area contributed by atoms with E-state index in [0.717, 1.165) is 18.5 Å². The van der Waals surface area contributed by atoms with Gasteiger partial charge in [0.05, 0.1) is 23.6 Å². The number of aromatic nitrogens is 1. The predicted molar refractivity (Wildman–Crippen MR) is 79.3 cm³/mol. The first-order valence-corrected chi connectivity index (χ1v) is 8.94. The van der Waals surface area contributed by atoms with E-state index >= 15 is 0 Å². The summed E-state index contributed by atoms with van der Waals surface area (Å²) in [6, 6.07) is 3.67. The van der Waals surface area contributed by atoms with Crippen LogP contribution < -0.4 is 4.90 Å². The molecular formula is C14H19N3O3S. The highest BCUT2D eigenvalue weighted by molar-refractivity contribution is 7.88. The van der Waals surface area contributed by atoms with E-state index in [1.165, 1.54) is 10.6 Å². The van der Waals surface area contributed by atoms with Crippen LogP contribution in [-0.2, 0) is 14.8 Å². The molecule has 1 amide bonds. The van der Waals surface area contributed by atoms with E-state index < -0.39 is 15.4 Å². The third-order valence-corrected chi connectivity index (χ3v) is 5.73. The molecule has 2 aliphatic rings. The Morgan fingerprint density at radius 1 is 1.29 bits per heavy atom. The van der Waals surface area contributed by atoms with E-state index in [4.69, 9.17) is 0 Å². The van der Waals surface area contributed by atoms with Crippen LogP contribution in [0.5, 0.6) is 0 Å². The zero-order valence-electron chi connectivity index (χ0n) is 12.0. The van der Waals surface area contributed by atoms with Gasteiger partial charge in [-0.2, -0.15) is 0 Å². The normalized spacial score (nSPS) is 27.5. The van der Waals surface area contributed by atoms with Crippen LogP contribution in [-0.4, -0.2) is 49.5 Å². The van der Waals surface area contributed by atoms with E-state index in [-0.39, 0.29) is 5.91 Å². The molecule has 0 aliphatic carbocycles. The van der Waals surface area contributed by atoms with Crippen LogP contribution in [0.2, 0.25) is 0 Å². The second kappa shape index (κ2) is 5.06. The van der Waals surface area contributed by atoms with Crippen molar-refractivity contribution in [3.8, 4) is 0 Å². The van der Waals surface area contributed by atoms with Gasteiger partial charge in [0.2, 0.25) is 15.9 Å². The van der Waals surface area contributed by atoms with Gasteiger partial charge >= 0.3 is 0 Å². The van der Waals surface area contributed by atoms with Crippen LogP contribution >= 0.6 is 0 Å². The highest BCUT2D eigenvalue weighted by atomic mass is 32.2. The zero-order valence-corrected chi connectivity index (χ0v) is 12.8. The molecule has 1 spiro atoms. The monoisotopic (exact) mass is 309 g/mol. The molecule has 21 heavy (non-hydrogen) atoms. The van der Waals surface area contributed by atoms with Crippen molar-refractivity contribution in [2.24, 2.45) is 5.41 Å². The lowest BCUT2D eigenvalue weighted by Crippen LogP contribution is -2.49. The molecule has 6 nitrogen and oxygen atoms in total. The third kappa shape index (κ3) is 2.55. The summed E-state index contributed by atoms with van der Waals surface area (Å²) in [5.41, 5.74) is 0.229. The lowest BCUT2D eigenvalue weighted by Gasteiger charge is -2.37. The number of hydrogen-bond acceptors (Lipinski definition) is 4. The SMILES string of the molecule is CS(=O)(=O)N1CCC[C@@]2(CCN(c3cccnc3)C2=O)C1. The average molecular weight is 309 g/mol. The van der Waals surface area contributed by atoms with Gasteiger partial charge in [0.15, 0.2) is 0 Å². The Balaban J connectivity index is 1.85. The summed E-state index contributed by atoms with van der Waals surface area (Å²) in [6.07, 6.45) is 6.76. The maximum absolute atomic E-state index is 12.8. The smallest absolute Gasteiger partial charge is 0.234 e. The molecule has 2 aliphatic heterocycles. The molecule has 0 N–H and O–H groups in total. The van der Waals surface area contributed by atoms with Crippen molar-refractivity contribution in [3.63, 3.8) is 0 Å². The second-order valence-electron chi connectivity index (χ2n) is 5.90. The molecule has 3 heterocycles. The predicted octanol–water partition coefficient (Wildman–Crippen LogP) is 0.860. The van der Waals surface area contributed by atoms with E-state index in [2.05, 4.69) is 4.98 Å². The van der Waals surface area contributed by atoms with Gasteiger partial charge in [-0.1, -0.05) is 0 Å². The van der Waals surface area contributed by atoms with E-state index in [1.54, 1.807) is 23.4 Å². The summed E-state index contributed by atoms with van der Waals surface area (Å²) < 4.78 is 25.0. The Kier molecular flexibility index (Phi) is 3.49. The summed E-state index contributed by atoms with van der Waals surface area (Å²) >= 11 is 0. The molecule has 0 aromatic carbocycles. The van der Waals surface area contributed by atoms with Crippen LogP contribution in [0.4, 0.5) is 5.69 Å². The largest absolute Gasteiger partial charge is 0.310 e. The summed E-state index contributed by atoms with van der Waals surface area (Å²) in [5.74, 6) is 0.0313. The molecule has 1 aromatic heterocycles.